The summed E-state index contributed by atoms with van der Waals surface area (Å²) in [5.74, 6) is 0.884. The summed E-state index contributed by atoms with van der Waals surface area (Å²) in [6.45, 7) is 2.31. The Balaban J connectivity index is 1.33. The highest BCUT2D eigenvalue weighted by atomic mass is 32.2. The van der Waals surface area contributed by atoms with E-state index >= 15 is 4.39 Å². The summed E-state index contributed by atoms with van der Waals surface area (Å²) in [6.07, 6.45) is -1.43. The Kier molecular flexibility index (Phi) is 10.3. The first-order valence-corrected chi connectivity index (χ1v) is 14.4. The van der Waals surface area contributed by atoms with Gasteiger partial charge in [0.1, 0.15) is 11.9 Å². The smallest absolute Gasteiger partial charge is 0.416 e. The molecular weight excluding hydrogens is 544 g/mol. The number of methoxy groups -OCH3 is 1. The Morgan fingerprint density at radius 1 is 1.15 bits per heavy atom. The van der Waals surface area contributed by atoms with Crippen molar-refractivity contribution in [3.63, 3.8) is 0 Å². The molecule has 3 aromatic rings. The highest BCUT2D eigenvalue weighted by Crippen LogP contribution is 2.37. The maximum atomic E-state index is 15.6. The molecule has 1 aliphatic rings. The first kappa shape index (κ1) is 30.1. The second-order valence-electron chi connectivity index (χ2n) is 10.2. The molecule has 216 valence electrons. The first-order valence-electron chi connectivity index (χ1n) is 13.4. The van der Waals surface area contributed by atoms with Crippen molar-refractivity contribution in [2.45, 2.75) is 49.3 Å². The lowest BCUT2D eigenvalue weighted by Crippen LogP contribution is -2.41. The van der Waals surface area contributed by atoms with E-state index in [0.29, 0.717) is 41.8 Å². The summed E-state index contributed by atoms with van der Waals surface area (Å²) in [7, 11) is 1.57. The van der Waals surface area contributed by atoms with Gasteiger partial charge in [-0.05, 0) is 98.2 Å². The number of hydrogen-bond donors (Lipinski definition) is 1. The van der Waals surface area contributed by atoms with Crippen LogP contribution in [0, 0.1) is 11.8 Å². The molecule has 2 aromatic carbocycles. The minimum Gasteiger partial charge on any atom is -0.497 e. The van der Waals surface area contributed by atoms with Crippen LogP contribution in [0.2, 0.25) is 0 Å². The quantitative estimate of drug-likeness (QED) is 0.176. The second kappa shape index (κ2) is 13.7. The molecule has 0 bridgehead atoms. The number of carbonyl (C=O) groups is 1. The van der Waals surface area contributed by atoms with Crippen molar-refractivity contribution in [3.8, 4) is 5.75 Å². The molecule has 0 radical (unpaired) electrons. The van der Waals surface area contributed by atoms with Gasteiger partial charge < -0.3 is 14.7 Å². The van der Waals surface area contributed by atoms with Gasteiger partial charge in [-0.3, -0.25) is 9.78 Å². The van der Waals surface area contributed by atoms with E-state index in [2.05, 4.69) is 9.88 Å². The Bertz CT molecular complexity index is 1270. The fourth-order valence-corrected chi connectivity index (χ4v) is 6.38. The third kappa shape index (κ3) is 8.10. The van der Waals surface area contributed by atoms with E-state index < -0.39 is 23.9 Å². The molecule has 3 atom stereocenters. The van der Waals surface area contributed by atoms with Crippen LogP contribution < -0.4 is 4.74 Å². The van der Waals surface area contributed by atoms with Crippen LogP contribution in [0.15, 0.2) is 59.6 Å². The fourth-order valence-electron chi connectivity index (χ4n) is 5.47. The fraction of sp³-hybridized carbons (Fsp3) is 0.467. The molecule has 0 aliphatic carbocycles. The molecule has 0 spiro atoms. The highest BCUT2D eigenvalue weighted by Gasteiger charge is 2.31. The number of hydrogen-bond acceptors (Lipinski definition) is 5. The van der Waals surface area contributed by atoms with Crippen molar-refractivity contribution >= 4 is 28.6 Å². The number of benzene rings is 2. The van der Waals surface area contributed by atoms with Gasteiger partial charge in [0.2, 0.25) is 0 Å². The summed E-state index contributed by atoms with van der Waals surface area (Å²) in [6, 6.07) is 12.3. The Labute approximate surface area is 235 Å². The van der Waals surface area contributed by atoms with Crippen LogP contribution in [-0.2, 0) is 11.0 Å². The molecule has 1 aliphatic heterocycles. The highest BCUT2D eigenvalue weighted by molar-refractivity contribution is 7.99. The van der Waals surface area contributed by atoms with Gasteiger partial charge >= 0.3 is 12.1 Å². The van der Waals surface area contributed by atoms with E-state index in [1.807, 2.05) is 6.07 Å². The van der Waals surface area contributed by atoms with Crippen molar-refractivity contribution in [2.75, 3.05) is 32.5 Å². The minimum atomic E-state index is -4.35. The van der Waals surface area contributed by atoms with Gasteiger partial charge in [-0.25, -0.2) is 4.39 Å². The summed E-state index contributed by atoms with van der Waals surface area (Å²) in [4.78, 5) is 18.7. The maximum Gasteiger partial charge on any atom is 0.416 e. The molecule has 4 rings (SSSR count). The van der Waals surface area contributed by atoms with Crippen molar-refractivity contribution in [2.24, 2.45) is 11.8 Å². The molecular formula is C30H34F4N2O3S. The van der Waals surface area contributed by atoms with Crippen LogP contribution in [0.4, 0.5) is 17.6 Å². The van der Waals surface area contributed by atoms with Gasteiger partial charge in [0, 0.05) is 41.7 Å². The number of pyridine rings is 1. The predicted octanol–water partition coefficient (Wildman–Crippen LogP) is 7.65. The van der Waals surface area contributed by atoms with Crippen LogP contribution in [-0.4, -0.2) is 53.5 Å². The summed E-state index contributed by atoms with van der Waals surface area (Å²) in [5, 5.41) is 10.0. The SMILES string of the molecule is COc1ccc2nccc([C@H](F)CC[C@@H]3CCN(CCSc4ccc(C(F)(F)F)cc4)C[C@H]3CCC(=O)O)c2c1. The number of carboxylic acid groups (broad SMARTS) is 1. The third-order valence-electron chi connectivity index (χ3n) is 7.67. The average molecular weight is 579 g/mol. The van der Waals surface area contributed by atoms with Crippen LogP contribution in [0.1, 0.15) is 49.4 Å². The monoisotopic (exact) mass is 578 g/mol. The van der Waals surface area contributed by atoms with Gasteiger partial charge in [-0.2, -0.15) is 13.2 Å². The lowest BCUT2D eigenvalue weighted by atomic mass is 9.79. The van der Waals surface area contributed by atoms with Gasteiger partial charge in [-0.1, -0.05) is 0 Å². The maximum absolute atomic E-state index is 15.6. The summed E-state index contributed by atoms with van der Waals surface area (Å²) >= 11 is 1.50. The van der Waals surface area contributed by atoms with Crippen LogP contribution in [0.25, 0.3) is 10.9 Å². The molecule has 1 aromatic heterocycles. The molecule has 0 amide bonds. The van der Waals surface area contributed by atoms with Gasteiger partial charge in [0.15, 0.2) is 0 Å². The molecule has 1 fully saturated rings. The molecule has 1 saturated heterocycles. The number of aromatic nitrogens is 1. The zero-order valence-corrected chi connectivity index (χ0v) is 23.2. The normalized spacial score (nSPS) is 19.0. The number of nitrogens with zero attached hydrogens (tertiary/aromatic N) is 2. The third-order valence-corrected chi connectivity index (χ3v) is 8.67. The van der Waals surface area contributed by atoms with E-state index in [1.54, 1.807) is 31.5 Å². The number of piperidine rings is 1. The zero-order valence-electron chi connectivity index (χ0n) is 22.4. The molecule has 40 heavy (non-hydrogen) atoms. The van der Waals surface area contributed by atoms with Gasteiger partial charge in [0.05, 0.1) is 18.2 Å². The van der Waals surface area contributed by atoms with Crippen LogP contribution in [0.5, 0.6) is 5.75 Å². The van der Waals surface area contributed by atoms with Crippen LogP contribution >= 0.6 is 11.8 Å². The number of likely N-dealkylation sites (tertiary alicyclic amines) is 1. The number of aliphatic carboxylic acids is 1. The van der Waals surface area contributed by atoms with E-state index in [0.717, 1.165) is 48.5 Å². The first-order chi connectivity index (χ1) is 19.1. The van der Waals surface area contributed by atoms with E-state index in [4.69, 9.17) is 4.74 Å². The van der Waals surface area contributed by atoms with Crippen molar-refractivity contribution in [1.82, 2.24) is 9.88 Å². The van der Waals surface area contributed by atoms with Gasteiger partial charge in [0.25, 0.3) is 0 Å². The Hall–Kier alpha value is -2.85. The average Bonchev–Trinajstić information content (AvgIpc) is 2.94. The predicted molar refractivity (Wildman–Crippen MR) is 148 cm³/mol. The van der Waals surface area contributed by atoms with E-state index in [-0.39, 0.29) is 18.3 Å². The number of rotatable bonds is 12. The lowest BCUT2D eigenvalue weighted by Gasteiger charge is -2.39. The van der Waals surface area contributed by atoms with Crippen molar-refractivity contribution in [1.29, 1.82) is 0 Å². The molecule has 1 N–H and O–H groups in total. The number of ether oxygens (including phenoxy) is 1. The van der Waals surface area contributed by atoms with E-state index in [1.165, 1.54) is 23.9 Å². The second-order valence-corrected chi connectivity index (χ2v) is 11.4. The Morgan fingerprint density at radius 3 is 2.62 bits per heavy atom. The number of alkyl halides is 4. The lowest BCUT2D eigenvalue weighted by molar-refractivity contribution is -0.138. The molecule has 2 heterocycles. The number of fused-ring (bicyclic) bond motifs is 1. The standard InChI is InChI=1S/C30H34F4N2O3S/c1-39-23-6-10-28-26(18-23)25(12-14-35-28)27(31)9-2-20-13-15-36(19-21(20)3-11-29(37)38)16-17-40-24-7-4-22(5-8-24)30(32,33)34/h4-8,10,12,14,18,20-21,27H,2-3,9,11,13,15-17,19H2,1H3,(H,37,38)/t20-,21-,27-/m1/s1. The largest absolute Gasteiger partial charge is 0.497 e. The summed E-state index contributed by atoms with van der Waals surface area (Å²) < 4.78 is 59.2. The van der Waals surface area contributed by atoms with Crippen molar-refractivity contribution < 1.29 is 32.2 Å². The van der Waals surface area contributed by atoms with Crippen LogP contribution in [0.3, 0.4) is 0 Å². The molecule has 0 saturated carbocycles. The molecule has 0 unspecified atom stereocenters. The Morgan fingerprint density at radius 2 is 1.93 bits per heavy atom. The number of thioether (sulfide) groups is 1. The topological polar surface area (TPSA) is 62.7 Å². The minimum absolute atomic E-state index is 0.0726. The van der Waals surface area contributed by atoms with E-state index in [9.17, 15) is 23.1 Å². The van der Waals surface area contributed by atoms with Gasteiger partial charge in [-0.15, -0.1) is 11.8 Å². The number of carboxylic acids is 1. The molecule has 10 heteroatoms. The zero-order chi connectivity index (χ0) is 28.7. The summed E-state index contributed by atoms with van der Waals surface area (Å²) in [5.41, 5.74) is 0.638. The number of halogens is 4. The molecule has 5 nitrogen and oxygen atoms in total. The van der Waals surface area contributed by atoms with Crippen molar-refractivity contribution in [3.05, 3.63) is 65.9 Å².